The molecule has 0 N–H and O–H groups in total. The monoisotopic (exact) mass is 398 g/mol. The number of halogens is 1. The molecule has 2 heteroatoms. The zero-order valence-electron chi connectivity index (χ0n) is 13.7. The van der Waals surface area contributed by atoms with Crippen molar-refractivity contribution in [1.82, 2.24) is 0 Å². The van der Waals surface area contributed by atoms with Crippen LogP contribution in [0.3, 0.4) is 0 Å². The Labute approximate surface area is 143 Å². The molecule has 21 heavy (non-hydrogen) atoms. The van der Waals surface area contributed by atoms with E-state index in [0.29, 0.717) is 16.9 Å². The highest BCUT2D eigenvalue weighted by atomic mass is 127. The highest BCUT2D eigenvalue weighted by Gasteiger charge is 2.62. The number of hydrogen-bond donors (Lipinski definition) is 0. The summed E-state index contributed by atoms with van der Waals surface area (Å²) in [7, 11) is 0. The molecule has 0 saturated heterocycles. The van der Waals surface area contributed by atoms with E-state index in [-0.39, 0.29) is 6.10 Å². The lowest BCUT2D eigenvalue weighted by molar-refractivity contribution is -0.0794. The predicted molar refractivity (Wildman–Crippen MR) is 96.9 cm³/mol. The van der Waals surface area contributed by atoms with Gasteiger partial charge in [0.1, 0.15) is 0 Å². The van der Waals surface area contributed by atoms with Crippen molar-refractivity contribution in [3.63, 3.8) is 0 Å². The summed E-state index contributed by atoms with van der Waals surface area (Å²) in [5.41, 5.74) is 3.51. The first-order valence-corrected chi connectivity index (χ1v) is 9.69. The van der Waals surface area contributed by atoms with E-state index < -0.39 is 0 Å². The van der Waals surface area contributed by atoms with Crippen LogP contribution < -0.4 is 0 Å². The van der Waals surface area contributed by atoms with Crippen LogP contribution in [-0.2, 0) is 4.74 Å². The van der Waals surface area contributed by atoms with E-state index in [9.17, 15) is 0 Å². The molecule has 1 aromatic rings. The summed E-state index contributed by atoms with van der Waals surface area (Å²) in [5.74, 6) is 0.847. The predicted octanol–water partition coefficient (Wildman–Crippen LogP) is 5.70. The van der Waals surface area contributed by atoms with Gasteiger partial charge in [-0.15, -0.1) is 0 Å². The number of alkyl halides is 1. The molecule has 4 atom stereocenters. The van der Waals surface area contributed by atoms with Crippen LogP contribution in [0.4, 0.5) is 0 Å². The van der Waals surface area contributed by atoms with Gasteiger partial charge in [0.15, 0.2) is 0 Å². The number of aryl methyl sites for hydroxylation is 1. The maximum Gasteiger partial charge on any atom is 0.0920 e. The first kappa shape index (κ1) is 15.8. The summed E-state index contributed by atoms with van der Waals surface area (Å²) in [5, 5.41) is 0. The molecular formula is C19H27IO. The van der Waals surface area contributed by atoms with E-state index in [1.54, 1.807) is 0 Å². The molecule has 0 heterocycles. The van der Waals surface area contributed by atoms with Gasteiger partial charge in [0.25, 0.3) is 0 Å². The summed E-state index contributed by atoms with van der Waals surface area (Å²) in [4.78, 5) is 0. The third-order valence-electron chi connectivity index (χ3n) is 6.72. The van der Waals surface area contributed by atoms with Crippen LogP contribution in [0.15, 0.2) is 24.3 Å². The third kappa shape index (κ3) is 2.37. The van der Waals surface area contributed by atoms with E-state index >= 15 is 0 Å². The molecule has 2 aliphatic rings. The van der Waals surface area contributed by atoms with Crippen LogP contribution in [0.1, 0.15) is 57.3 Å². The van der Waals surface area contributed by atoms with Crippen molar-refractivity contribution >= 4 is 22.6 Å². The second-order valence-corrected chi connectivity index (χ2v) is 8.62. The topological polar surface area (TPSA) is 9.23 Å². The second kappa shape index (κ2) is 5.52. The van der Waals surface area contributed by atoms with Crippen molar-refractivity contribution in [3.8, 4) is 0 Å². The van der Waals surface area contributed by atoms with Crippen LogP contribution in [0.25, 0.3) is 0 Å². The van der Waals surface area contributed by atoms with E-state index in [4.69, 9.17) is 4.74 Å². The summed E-state index contributed by atoms with van der Waals surface area (Å²) < 4.78 is 7.72. The van der Waals surface area contributed by atoms with Gasteiger partial charge in [-0.25, -0.2) is 0 Å². The quantitative estimate of drug-likeness (QED) is 0.467. The van der Waals surface area contributed by atoms with Gasteiger partial charge >= 0.3 is 0 Å². The average molecular weight is 398 g/mol. The minimum atomic E-state index is 0.240. The zero-order valence-corrected chi connectivity index (χ0v) is 15.8. The van der Waals surface area contributed by atoms with Crippen molar-refractivity contribution in [2.75, 3.05) is 4.43 Å². The Morgan fingerprint density at radius 3 is 2.52 bits per heavy atom. The second-order valence-electron chi connectivity index (χ2n) is 7.73. The number of hydrogen-bond acceptors (Lipinski definition) is 1. The fourth-order valence-corrected chi connectivity index (χ4v) is 5.36. The first-order valence-electron chi connectivity index (χ1n) is 8.17. The van der Waals surface area contributed by atoms with Gasteiger partial charge in [-0.2, -0.15) is 0 Å². The van der Waals surface area contributed by atoms with Gasteiger partial charge in [0.2, 0.25) is 0 Å². The molecule has 0 spiro atoms. The number of fused-ring (bicyclic) bond motifs is 2. The molecule has 0 radical (unpaired) electrons. The Bertz CT molecular complexity index is 524. The number of ether oxygens (including phenoxy) is 1. The maximum absolute atomic E-state index is 6.69. The van der Waals surface area contributed by atoms with Gasteiger partial charge in [0, 0.05) is 4.43 Å². The van der Waals surface area contributed by atoms with Crippen molar-refractivity contribution in [2.24, 2.45) is 16.7 Å². The highest BCUT2D eigenvalue weighted by Crippen LogP contribution is 2.66. The summed E-state index contributed by atoms with van der Waals surface area (Å²) >= 11 is 2.48. The molecule has 116 valence electrons. The molecular weight excluding hydrogens is 371 g/mol. The Morgan fingerprint density at radius 1 is 1.29 bits per heavy atom. The Balaban J connectivity index is 1.82. The standard InChI is InChI=1S/C19H27IO/c1-13-7-5-6-8-15(13)16(12-20)21-17-11-14-9-10-19(17,4)18(14,2)3/h5-8,14,16-17H,9-12H2,1-4H3. The van der Waals surface area contributed by atoms with Crippen LogP contribution in [0.2, 0.25) is 0 Å². The number of benzene rings is 1. The molecule has 2 aliphatic carbocycles. The fourth-order valence-electron chi connectivity index (χ4n) is 4.68. The zero-order chi connectivity index (χ0) is 15.3. The van der Waals surface area contributed by atoms with Crippen LogP contribution in [0.5, 0.6) is 0 Å². The van der Waals surface area contributed by atoms with E-state index in [1.807, 2.05) is 0 Å². The normalized spacial score (nSPS) is 35.1. The van der Waals surface area contributed by atoms with E-state index in [2.05, 4.69) is 74.6 Å². The van der Waals surface area contributed by atoms with E-state index in [1.165, 1.54) is 30.4 Å². The fraction of sp³-hybridized carbons (Fsp3) is 0.684. The minimum Gasteiger partial charge on any atom is -0.369 e. The average Bonchev–Trinajstić information content (AvgIpc) is 2.78. The Hall–Kier alpha value is -0.0900. The van der Waals surface area contributed by atoms with Gasteiger partial charge in [-0.1, -0.05) is 67.6 Å². The van der Waals surface area contributed by atoms with Gasteiger partial charge in [0.05, 0.1) is 12.2 Å². The maximum atomic E-state index is 6.69. The molecule has 4 unspecified atom stereocenters. The largest absolute Gasteiger partial charge is 0.369 e. The van der Waals surface area contributed by atoms with Crippen molar-refractivity contribution in [3.05, 3.63) is 35.4 Å². The third-order valence-corrected chi connectivity index (χ3v) is 7.52. The van der Waals surface area contributed by atoms with Gasteiger partial charge in [-0.05, 0) is 54.1 Å². The summed E-state index contributed by atoms with van der Waals surface area (Å²) in [6.45, 7) is 9.58. The first-order chi connectivity index (χ1) is 9.90. The summed E-state index contributed by atoms with van der Waals surface area (Å²) in [6.07, 6.45) is 4.64. The lowest BCUT2D eigenvalue weighted by Crippen LogP contribution is -2.38. The SMILES string of the molecule is Cc1ccccc1C(CI)OC1CC2CCC1(C)C2(C)C. The Morgan fingerprint density at radius 2 is 2.00 bits per heavy atom. The number of rotatable bonds is 4. The van der Waals surface area contributed by atoms with Gasteiger partial charge < -0.3 is 4.74 Å². The van der Waals surface area contributed by atoms with E-state index in [0.717, 1.165) is 10.3 Å². The van der Waals surface area contributed by atoms with Crippen molar-refractivity contribution in [1.29, 1.82) is 0 Å². The smallest absolute Gasteiger partial charge is 0.0920 e. The van der Waals surface area contributed by atoms with Gasteiger partial charge in [-0.3, -0.25) is 0 Å². The molecule has 1 nitrogen and oxygen atoms in total. The van der Waals surface area contributed by atoms with Crippen molar-refractivity contribution in [2.45, 2.75) is 59.2 Å². The molecule has 2 saturated carbocycles. The minimum absolute atomic E-state index is 0.240. The van der Waals surface area contributed by atoms with Crippen LogP contribution in [-0.4, -0.2) is 10.5 Å². The van der Waals surface area contributed by atoms with Crippen molar-refractivity contribution < 1.29 is 4.74 Å². The van der Waals surface area contributed by atoms with Crippen LogP contribution in [0, 0.1) is 23.7 Å². The molecule has 0 aromatic heterocycles. The molecule has 3 rings (SSSR count). The lowest BCUT2D eigenvalue weighted by atomic mass is 9.70. The summed E-state index contributed by atoms with van der Waals surface area (Å²) in [6, 6.07) is 8.69. The highest BCUT2D eigenvalue weighted by molar-refractivity contribution is 14.1. The molecule has 2 fully saturated rings. The molecule has 1 aromatic carbocycles. The molecule has 2 bridgehead atoms. The molecule has 0 aliphatic heterocycles. The van der Waals surface area contributed by atoms with Crippen LogP contribution >= 0.6 is 22.6 Å². The lowest BCUT2D eigenvalue weighted by Gasteiger charge is -2.40. The Kier molecular flexibility index (Phi) is 4.15. The molecule has 0 amide bonds.